The summed E-state index contributed by atoms with van der Waals surface area (Å²) in [6.07, 6.45) is 0. The van der Waals surface area contributed by atoms with Crippen molar-refractivity contribution in [3.05, 3.63) is 30.3 Å². The number of halogens is 1. The molecule has 0 aliphatic carbocycles. The average molecular weight is 321 g/mol. The van der Waals surface area contributed by atoms with Crippen LogP contribution in [-0.2, 0) is 9.47 Å². The maximum absolute atomic E-state index is 5.49. The largest absolute Gasteiger partial charge is 0.380 e. The van der Waals surface area contributed by atoms with Crippen molar-refractivity contribution in [3.8, 4) is 0 Å². The van der Waals surface area contributed by atoms with E-state index in [4.69, 9.17) is 9.47 Å². The minimum atomic E-state index is -0.448. The molecular formula is C11H16INO2. The van der Waals surface area contributed by atoms with Crippen molar-refractivity contribution in [1.82, 2.24) is 0 Å². The summed E-state index contributed by atoms with van der Waals surface area (Å²) in [7, 11) is 3.36. The number of anilines is 1. The summed E-state index contributed by atoms with van der Waals surface area (Å²) in [6, 6.07) is 10.1. The zero-order chi connectivity index (χ0) is 11.3. The van der Waals surface area contributed by atoms with Gasteiger partial charge in [0.2, 0.25) is 0 Å². The molecule has 1 aromatic rings. The minimum Gasteiger partial charge on any atom is -0.380 e. The van der Waals surface area contributed by atoms with Crippen LogP contribution in [0.1, 0.15) is 6.92 Å². The van der Waals surface area contributed by atoms with E-state index in [1.54, 1.807) is 14.2 Å². The van der Waals surface area contributed by atoms with Gasteiger partial charge >= 0.3 is 0 Å². The van der Waals surface area contributed by atoms with E-state index in [-0.39, 0.29) is 0 Å². The van der Waals surface area contributed by atoms with Crippen molar-refractivity contribution in [2.24, 2.45) is 0 Å². The van der Waals surface area contributed by atoms with Crippen molar-refractivity contribution < 1.29 is 9.47 Å². The van der Waals surface area contributed by atoms with Crippen LogP contribution in [0.2, 0.25) is 0 Å². The molecule has 15 heavy (non-hydrogen) atoms. The summed E-state index contributed by atoms with van der Waals surface area (Å²) in [5.74, 6) is 0. The van der Waals surface area contributed by atoms with Gasteiger partial charge in [0, 0.05) is 19.9 Å². The van der Waals surface area contributed by atoms with E-state index in [1.165, 1.54) is 0 Å². The molecule has 1 rings (SSSR count). The highest BCUT2D eigenvalue weighted by atomic mass is 127. The summed E-state index contributed by atoms with van der Waals surface area (Å²) in [6.45, 7) is 2.51. The average Bonchev–Trinajstić information content (AvgIpc) is 2.29. The van der Waals surface area contributed by atoms with Gasteiger partial charge in [0.05, 0.1) is 29.5 Å². The third-order valence-electron chi connectivity index (χ3n) is 2.25. The van der Waals surface area contributed by atoms with E-state index < -0.39 is 5.72 Å². The van der Waals surface area contributed by atoms with Gasteiger partial charge in [0.15, 0.2) is 5.72 Å². The Hall–Kier alpha value is -0.330. The molecule has 0 saturated carbocycles. The van der Waals surface area contributed by atoms with Gasteiger partial charge < -0.3 is 9.47 Å². The first-order valence-electron chi connectivity index (χ1n) is 4.69. The third-order valence-corrected chi connectivity index (χ3v) is 3.83. The normalized spacial score (nSPS) is 14.7. The van der Waals surface area contributed by atoms with Gasteiger partial charge in [-0.25, -0.2) is 0 Å². The maximum Gasteiger partial charge on any atom is 0.169 e. The van der Waals surface area contributed by atoms with Crippen LogP contribution < -0.4 is 3.11 Å². The molecule has 1 atom stereocenters. The molecule has 0 amide bonds. The van der Waals surface area contributed by atoms with Crippen LogP contribution in [-0.4, -0.2) is 26.6 Å². The Morgan fingerprint density at radius 1 is 1.27 bits per heavy atom. The van der Waals surface area contributed by atoms with Crippen molar-refractivity contribution in [2.75, 3.05) is 23.9 Å². The number of benzene rings is 1. The quantitative estimate of drug-likeness (QED) is 0.473. The number of nitrogens with zero attached hydrogens (tertiary/aromatic N) is 1. The zero-order valence-electron chi connectivity index (χ0n) is 9.24. The summed E-state index contributed by atoms with van der Waals surface area (Å²) < 4.78 is 12.7. The molecule has 1 aromatic carbocycles. The molecule has 0 aromatic heterocycles. The van der Waals surface area contributed by atoms with Gasteiger partial charge in [-0.2, -0.15) is 0 Å². The van der Waals surface area contributed by atoms with Crippen LogP contribution in [0.25, 0.3) is 0 Å². The number of hydrogen-bond acceptors (Lipinski definition) is 3. The Morgan fingerprint density at radius 2 is 1.87 bits per heavy atom. The predicted molar refractivity (Wildman–Crippen MR) is 70.2 cm³/mol. The second-order valence-corrected chi connectivity index (χ2v) is 4.39. The monoisotopic (exact) mass is 321 g/mol. The Labute approximate surface area is 105 Å². The molecule has 1 unspecified atom stereocenters. The van der Waals surface area contributed by atoms with E-state index in [0.29, 0.717) is 6.61 Å². The van der Waals surface area contributed by atoms with E-state index in [9.17, 15) is 0 Å². The predicted octanol–water partition coefficient (Wildman–Crippen LogP) is 2.85. The van der Waals surface area contributed by atoms with Gasteiger partial charge in [-0.05, 0) is 19.1 Å². The standard InChI is InChI=1S/C11H16INO2/c1-11(15-3,9-14-2)13(12)10-7-5-4-6-8-10/h4-8H,9H2,1-3H3. The fourth-order valence-electron chi connectivity index (χ4n) is 1.30. The summed E-state index contributed by atoms with van der Waals surface area (Å²) >= 11 is 2.24. The molecular weight excluding hydrogens is 305 g/mol. The summed E-state index contributed by atoms with van der Waals surface area (Å²) in [4.78, 5) is 0. The van der Waals surface area contributed by atoms with E-state index in [0.717, 1.165) is 5.69 Å². The van der Waals surface area contributed by atoms with Crippen LogP contribution in [0.3, 0.4) is 0 Å². The summed E-state index contributed by atoms with van der Waals surface area (Å²) in [5, 5.41) is 0. The topological polar surface area (TPSA) is 21.7 Å². The van der Waals surface area contributed by atoms with E-state index in [2.05, 4.69) is 22.9 Å². The highest BCUT2D eigenvalue weighted by molar-refractivity contribution is 14.1. The lowest BCUT2D eigenvalue weighted by atomic mass is 10.2. The minimum absolute atomic E-state index is 0.448. The molecule has 0 bridgehead atoms. The van der Waals surface area contributed by atoms with Crippen molar-refractivity contribution in [3.63, 3.8) is 0 Å². The number of methoxy groups -OCH3 is 2. The molecule has 4 heteroatoms. The smallest absolute Gasteiger partial charge is 0.169 e. The lowest BCUT2D eigenvalue weighted by Crippen LogP contribution is -2.46. The molecule has 0 aliphatic heterocycles. The molecule has 0 fully saturated rings. The van der Waals surface area contributed by atoms with Crippen LogP contribution >= 0.6 is 22.9 Å². The van der Waals surface area contributed by atoms with Gasteiger partial charge in [-0.3, -0.25) is 3.11 Å². The molecule has 0 saturated heterocycles. The lowest BCUT2D eigenvalue weighted by Gasteiger charge is -2.36. The van der Waals surface area contributed by atoms with Crippen LogP contribution in [0.5, 0.6) is 0 Å². The first-order valence-corrected chi connectivity index (χ1v) is 5.65. The number of hydrogen-bond donors (Lipinski definition) is 0. The second kappa shape index (κ2) is 5.67. The van der Waals surface area contributed by atoms with Crippen LogP contribution in [0.4, 0.5) is 5.69 Å². The Kier molecular flexibility index (Phi) is 4.82. The second-order valence-electron chi connectivity index (χ2n) is 3.43. The Bertz CT molecular complexity index is 294. The fourth-order valence-corrected chi connectivity index (χ4v) is 1.95. The maximum atomic E-state index is 5.49. The first kappa shape index (κ1) is 12.7. The fraction of sp³-hybridized carbons (Fsp3) is 0.455. The third kappa shape index (κ3) is 3.06. The number of ether oxygens (including phenoxy) is 2. The molecule has 0 aliphatic rings. The van der Waals surface area contributed by atoms with Gasteiger partial charge in [0.1, 0.15) is 0 Å². The zero-order valence-corrected chi connectivity index (χ0v) is 11.4. The SMILES string of the molecule is COCC(C)(OC)N(I)c1ccccc1. The van der Waals surface area contributed by atoms with E-state index >= 15 is 0 Å². The van der Waals surface area contributed by atoms with E-state index in [1.807, 2.05) is 40.4 Å². The Balaban J connectivity index is 2.86. The molecule has 0 radical (unpaired) electrons. The first-order chi connectivity index (χ1) is 7.14. The Morgan fingerprint density at radius 3 is 2.33 bits per heavy atom. The lowest BCUT2D eigenvalue weighted by molar-refractivity contribution is -0.0379. The van der Waals surface area contributed by atoms with Crippen molar-refractivity contribution in [2.45, 2.75) is 12.6 Å². The highest BCUT2D eigenvalue weighted by Crippen LogP contribution is 2.28. The van der Waals surface area contributed by atoms with Crippen LogP contribution in [0.15, 0.2) is 30.3 Å². The van der Waals surface area contributed by atoms with Gasteiger partial charge in [0.25, 0.3) is 0 Å². The molecule has 3 nitrogen and oxygen atoms in total. The summed E-state index contributed by atoms with van der Waals surface area (Å²) in [5.41, 5.74) is 0.649. The molecule has 0 spiro atoms. The number of rotatable bonds is 5. The van der Waals surface area contributed by atoms with Gasteiger partial charge in [-0.15, -0.1) is 0 Å². The number of para-hydroxylation sites is 1. The van der Waals surface area contributed by atoms with Gasteiger partial charge in [-0.1, -0.05) is 18.2 Å². The highest BCUT2D eigenvalue weighted by Gasteiger charge is 2.30. The molecule has 84 valence electrons. The van der Waals surface area contributed by atoms with Crippen LogP contribution in [0, 0.1) is 0 Å². The molecule has 0 heterocycles. The van der Waals surface area contributed by atoms with Crippen molar-refractivity contribution in [1.29, 1.82) is 0 Å². The van der Waals surface area contributed by atoms with Crippen molar-refractivity contribution >= 4 is 28.6 Å². The molecule has 0 N–H and O–H groups in total.